The first-order valence-electron chi connectivity index (χ1n) is 6.25. The topological polar surface area (TPSA) is 47.6 Å². The molecule has 0 radical (unpaired) electrons. The molecule has 0 spiro atoms. The first-order valence-corrected chi connectivity index (χ1v) is 6.25. The standard InChI is InChI=1S/C14H21NO3/c1-4-5-9-15-14(16)11(2)18-13-8-6-7-12(10-13)17-3/h6-8,10-11H,4-5,9H2,1-3H3,(H,15,16). The number of unbranched alkanes of at least 4 members (excludes halogenated alkanes) is 1. The molecular weight excluding hydrogens is 230 g/mol. The van der Waals surface area contributed by atoms with Crippen molar-refractivity contribution in [2.75, 3.05) is 13.7 Å². The van der Waals surface area contributed by atoms with Gasteiger partial charge < -0.3 is 14.8 Å². The third-order valence-corrected chi connectivity index (χ3v) is 2.55. The molecule has 0 heterocycles. The Hall–Kier alpha value is -1.71. The van der Waals surface area contributed by atoms with E-state index in [1.54, 1.807) is 26.2 Å². The minimum Gasteiger partial charge on any atom is -0.497 e. The summed E-state index contributed by atoms with van der Waals surface area (Å²) in [5, 5.41) is 2.84. The molecule has 18 heavy (non-hydrogen) atoms. The number of nitrogens with one attached hydrogen (secondary N) is 1. The van der Waals surface area contributed by atoms with Gasteiger partial charge in [0.1, 0.15) is 11.5 Å². The SMILES string of the molecule is CCCCNC(=O)C(C)Oc1cccc(OC)c1. The summed E-state index contributed by atoms with van der Waals surface area (Å²) < 4.78 is 10.7. The summed E-state index contributed by atoms with van der Waals surface area (Å²) in [4.78, 5) is 11.7. The molecule has 0 bridgehead atoms. The van der Waals surface area contributed by atoms with Crippen LogP contribution in [-0.4, -0.2) is 25.7 Å². The zero-order chi connectivity index (χ0) is 13.4. The van der Waals surface area contributed by atoms with Crippen molar-refractivity contribution in [2.24, 2.45) is 0 Å². The lowest BCUT2D eigenvalue weighted by Gasteiger charge is -2.15. The summed E-state index contributed by atoms with van der Waals surface area (Å²) >= 11 is 0. The maximum absolute atomic E-state index is 11.7. The maximum Gasteiger partial charge on any atom is 0.260 e. The van der Waals surface area contributed by atoms with Crippen molar-refractivity contribution in [1.29, 1.82) is 0 Å². The van der Waals surface area contributed by atoms with Crippen LogP contribution in [0.25, 0.3) is 0 Å². The smallest absolute Gasteiger partial charge is 0.260 e. The Balaban J connectivity index is 2.47. The van der Waals surface area contributed by atoms with Gasteiger partial charge in [-0.3, -0.25) is 4.79 Å². The Labute approximate surface area is 108 Å². The van der Waals surface area contributed by atoms with Crippen molar-refractivity contribution in [1.82, 2.24) is 5.32 Å². The lowest BCUT2D eigenvalue weighted by molar-refractivity contribution is -0.127. The van der Waals surface area contributed by atoms with Crippen LogP contribution in [0.3, 0.4) is 0 Å². The fourth-order valence-electron chi connectivity index (χ4n) is 1.46. The molecule has 4 nitrogen and oxygen atoms in total. The highest BCUT2D eigenvalue weighted by molar-refractivity contribution is 5.80. The molecule has 100 valence electrons. The van der Waals surface area contributed by atoms with Crippen molar-refractivity contribution >= 4 is 5.91 Å². The Morgan fingerprint density at radius 2 is 2.11 bits per heavy atom. The summed E-state index contributed by atoms with van der Waals surface area (Å²) in [6.45, 7) is 4.52. The number of benzene rings is 1. The Kier molecular flexibility index (Phi) is 6.05. The molecule has 0 aliphatic heterocycles. The first-order chi connectivity index (χ1) is 8.67. The fraction of sp³-hybridized carbons (Fsp3) is 0.500. The highest BCUT2D eigenvalue weighted by Gasteiger charge is 2.13. The predicted molar refractivity (Wildman–Crippen MR) is 71.0 cm³/mol. The fourth-order valence-corrected chi connectivity index (χ4v) is 1.46. The molecule has 0 aliphatic carbocycles. The quantitative estimate of drug-likeness (QED) is 0.757. The monoisotopic (exact) mass is 251 g/mol. The van der Waals surface area contributed by atoms with Crippen LogP contribution in [0, 0.1) is 0 Å². The number of carbonyl (C=O) groups excluding carboxylic acids is 1. The number of amides is 1. The van der Waals surface area contributed by atoms with Crippen molar-refractivity contribution in [2.45, 2.75) is 32.8 Å². The molecule has 1 rings (SSSR count). The van der Waals surface area contributed by atoms with Crippen LogP contribution in [0.2, 0.25) is 0 Å². The molecule has 1 aromatic rings. The summed E-state index contributed by atoms with van der Waals surface area (Å²) in [7, 11) is 1.60. The second kappa shape index (κ2) is 7.58. The van der Waals surface area contributed by atoms with Crippen molar-refractivity contribution in [3.8, 4) is 11.5 Å². The minimum absolute atomic E-state index is 0.0914. The predicted octanol–water partition coefficient (Wildman–Crippen LogP) is 2.38. The van der Waals surface area contributed by atoms with E-state index in [-0.39, 0.29) is 5.91 Å². The van der Waals surface area contributed by atoms with Gasteiger partial charge >= 0.3 is 0 Å². The van der Waals surface area contributed by atoms with E-state index in [0.717, 1.165) is 12.8 Å². The van der Waals surface area contributed by atoms with Gasteiger partial charge in [0.2, 0.25) is 0 Å². The van der Waals surface area contributed by atoms with Gasteiger partial charge in [0, 0.05) is 12.6 Å². The van der Waals surface area contributed by atoms with Gasteiger partial charge in [-0.25, -0.2) is 0 Å². The zero-order valence-electron chi connectivity index (χ0n) is 11.2. The van der Waals surface area contributed by atoms with Crippen molar-refractivity contribution in [3.63, 3.8) is 0 Å². The largest absolute Gasteiger partial charge is 0.497 e. The summed E-state index contributed by atoms with van der Waals surface area (Å²) in [5.41, 5.74) is 0. The summed E-state index contributed by atoms with van der Waals surface area (Å²) in [5.74, 6) is 1.25. The van der Waals surface area contributed by atoms with Crippen LogP contribution in [-0.2, 0) is 4.79 Å². The summed E-state index contributed by atoms with van der Waals surface area (Å²) in [6.07, 6.45) is 1.54. The number of ether oxygens (including phenoxy) is 2. The third-order valence-electron chi connectivity index (χ3n) is 2.55. The van der Waals surface area contributed by atoms with E-state index in [4.69, 9.17) is 9.47 Å². The molecule has 1 N–H and O–H groups in total. The van der Waals surface area contributed by atoms with E-state index in [9.17, 15) is 4.79 Å². The molecule has 4 heteroatoms. The molecule has 0 aliphatic rings. The number of methoxy groups -OCH3 is 1. The van der Waals surface area contributed by atoms with E-state index < -0.39 is 6.10 Å². The first kappa shape index (κ1) is 14.4. The van der Waals surface area contributed by atoms with Crippen LogP contribution in [0.15, 0.2) is 24.3 Å². The molecule has 0 saturated carbocycles. The van der Waals surface area contributed by atoms with Gasteiger partial charge in [0.05, 0.1) is 7.11 Å². The second-order valence-electron chi connectivity index (χ2n) is 4.08. The molecule has 0 fully saturated rings. The normalized spacial score (nSPS) is 11.7. The molecule has 0 aromatic heterocycles. The number of hydrogen-bond acceptors (Lipinski definition) is 3. The van der Waals surface area contributed by atoms with Crippen LogP contribution in [0.4, 0.5) is 0 Å². The highest BCUT2D eigenvalue weighted by atomic mass is 16.5. The third kappa shape index (κ3) is 4.65. The Morgan fingerprint density at radius 3 is 2.78 bits per heavy atom. The van der Waals surface area contributed by atoms with Crippen molar-refractivity contribution in [3.05, 3.63) is 24.3 Å². The number of hydrogen-bond donors (Lipinski definition) is 1. The zero-order valence-corrected chi connectivity index (χ0v) is 11.2. The van der Waals surface area contributed by atoms with E-state index in [2.05, 4.69) is 12.2 Å². The molecule has 1 amide bonds. The van der Waals surface area contributed by atoms with Gasteiger partial charge in [-0.2, -0.15) is 0 Å². The molecule has 0 saturated heterocycles. The lowest BCUT2D eigenvalue weighted by Crippen LogP contribution is -2.36. The lowest BCUT2D eigenvalue weighted by atomic mass is 10.3. The molecule has 1 atom stereocenters. The second-order valence-corrected chi connectivity index (χ2v) is 4.08. The van der Waals surface area contributed by atoms with E-state index >= 15 is 0 Å². The Morgan fingerprint density at radius 1 is 1.39 bits per heavy atom. The molecule has 1 unspecified atom stereocenters. The maximum atomic E-state index is 11.7. The Bertz CT molecular complexity index is 379. The average molecular weight is 251 g/mol. The highest BCUT2D eigenvalue weighted by Crippen LogP contribution is 2.19. The van der Waals surface area contributed by atoms with Crippen LogP contribution in [0.1, 0.15) is 26.7 Å². The van der Waals surface area contributed by atoms with Crippen molar-refractivity contribution < 1.29 is 14.3 Å². The van der Waals surface area contributed by atoms with E-state index in [0.29, 0.717) is 18.0 Å². The van der Waals surface area contributed by atoms with E-state index in [1.165, 1.54) is 0 Å². The summed E-state index contributed by atoms with van der Waals surface area (Å²) in [6, 6.07) is 7.23. The van der Waals surface area contributed by atoms with Gasteiger partial charge in [-0.15, -0.1) is 0 Å². The number of rotatable bonds is 7. The molecular formula is C14H21NO3. The van der Waals surface area contributed by atoms with Crippen LogP contribution < -0.4 is 14.8 Å². The minimum atomic E-state index is -0.506. The molecule has 1 aromatic carbocycles. The average Bonchev–Trinajstić information content (AvgIpc) is 2.39. The van der Waals surface area contributed by atoms with Gasteiger partial charge in [-0.1, -0.05) is 19.4 Å². The van der Waals surface area contributed by atoms with Gasteiger partial charge in [0.15, 0.2) is 6.10 Å². The van der Waals surface area contributed by atoms with Crippen LogP contribution in [0.5, 0.6) is 11.5 Å². The van der Waals surface area contributed by atoms with Crippen LogP contribution >= 0.6 is 0 Å². The van der Waals surface area contributed by atoms with Gasteiger partial charge in [0.25, 0.3) is 5.91 Å². The number of carbonyl (C=O) groups is 1. The van der Waals surface area contributed by atoms with E-state index in [1.807, 2.05) is 12.1 Å². The van der Waals surface area contributed by atoms with Gasteiger partial charge in [-0.05, 0) is 25.5 Å².